The van der Waals surface area contributed by atoms with Crippen LogP contribution in [-0.4, -0.2) is 43.8 Å². The molecule has 0 bridgehead atoms. The summed E-state index contributed by atoms with van der Waals surface area (Å²) in [5.41, 5.74) is 1.95. The van der Waals surface area contributed by atoms with Crippen molar-refractivity contribution in [3.8, 4) is 0 Å². The van der Waals surface area contributed by atoms with E-state index in [2.05, 4.69) is 5.32 Å². The van der Waals surface area contributed by atoms with E-state index in [-0.39, 0.29) is 16.9 Å². The van der Waals surface area contributed by atoms with Crippen LogP contribution >= 0.6 is 0 Å². The van der Waals surface area contributed by atoms with Gasteiger partial charge in [-0.3, -0.25) is 9.59 Å². The average Bonchev–Trinajstić information content (AvgIpc) is 2.61. The molecule has 0 unspecified atom stereocenters. The molecule has 0 saturated heterocycles. The third-order valence-corrected chi connectivity index (χ3v) is 5.89. The summed E-state index contributed by atoms with van der Waals surface area (Å²) in [6.07, 6.45) is -0.262. The molecule has 2 aromatic rings. The molecule has 0 aromatic heterocycles. The first kappa shape index (κ1) is 20.6. The van der Waals surface area contributed by atoms with Gasteiger partial charge in [0.1, 0.15) is 0 Å². The third-order valence-electron chi connectivity index (χ3n) is 4.06. The zero-order chi connectivity index (χ0) is 20.2. The van der Waals surface area contributed by atoms with Gasteiger partial charge in [0.25, 0.3) is 5.91 Å². The second-order valence-corrected chi connectivity index (χ2v) is 8.50. The molecule has 0 heterocycles. The fourth-order valence-electron chi connectivity index (χ4n) is 2.46. The molecule has 0 radical (unpaired) electrons. The van der Waals surface area contributed by atoms with Gasteiger partial charge in [0.05, 0.1) is 17.4 Å². The number of nitrogens with one attached hydrogen (secondary N) is 1. The lowest BCUT2D eigenvalue weighted by molar-refractivity contribution is -0.137. The van der Waals surface area contributed by atoms with Crippen LogP contribution in [0.4, 0.5) is 0 Å². The van der Waals surface area contributed by atoms with Crippen LogP contribution < -0.4 is 5.32 Å². The Balaban J connectivity index is 2.22. The van der Waals surface area contributed by atoms with Crippen LogP contribution in [0.2, 0.25) is 0 Å². The van der Waals surface area contributed by atoms with Gasteiger partial charge < -0.3 is 10.4 Å². The monoisotopic (exact) mass is 390 g/mol. The summed E-state index contributed by atoms with van der Waals surface area (Å²) in [4.78, 5) is 23.7. The number of carboxylic acids is 1. The first-order valence-electron chi connectivity index (χ1n) is 8.23. The molecule has 2 rings (SSSR count). The number of carboxylic acid groups (broad SMARTS) is 1. The van der Waals surface area contributed by atoms with E-state index in [0.29, 0.717) is 5.56 Å². The van der Waals surface area contributed by atoms with E-state index in [4.69, 9.17) is 5.11 Å². The van der Waals surface area contributed by atoms with E-state index >= 15 is 0 Å². The third kappa shape index (κ3) is 5.15. The van der Waals surface area contributed by atoms with Crippen molar-refractivity contribution in [1.29, 1.82) is 0 Å². The number of benzene rings is 2. The van der Waals surface area contributed by atoms with Crippen molar-refractivity contribution in [2.75, 3.05) is 14.1 Å². The van der Waals surface area contributed by atoms with Crippen molar-refractivity contribution < 1.29 is 23.1 Å². The summed E-state index contributed by atoms with van der Waals surface area (Å²) in [5.74, 6) is -1.51. The Hall–Kier alpha value is -2.71. The molecule has 0 aliphatic carbocycles. The Bertz CT molecular complexity index is 920. The summed E-state index contributed by atoms with van der Waals surface area (Å²) in [6.45, 7) is 1.91. The molecule has 7 nitrogen and oxygen atoms in total. The largest absolute Gasteiger partial charge is 0.481 e. The predicted octanol–water partition coefficient (Wildman–Crippen LogP) is 2.19. The van der Waals surface area contributed by atoms with Crippen molar-refractivity contribution in [3.05, 3.63) is 65.2 Å². The van der Waals surface area contributed by atoms with Crippen molar-refractivity contribution in [2.45, 2.75) is 24.3 Å². The van der Waals surface area contributed by atoms with Gasteiger partial charge >= 0.3 is 5.97 Å². The minimum atomic E-state index is -3.58. The molecule has 1 atom stereocenters. The maximum atomic E-state index is 12.5. The van der Waals surface area contributed by atoms with E-state index in [9.17, 15) is 18.0 Å². The molecule has 0 saturated carbocycles. The highest BCUT2D eigenvalue weighted by atomic mass is 32.2. The minimum Gasteiger partial charge on any atom is -0.481 e. The second kappa shape index (κ2) is 8.32. The maximum absolute atomic E-state index is 12.5. The number of amides is 1. The van der Waals surface area contributed by atoms with E-state index in [1.807, 2.05) is 19.1 Å². The Labute approximate surface area is 158 Å². The molecular weight excluding hydrogens is 368 g/mol. The first-order chi connectivity index (χ1) is 12.6. The Kier molecular flexibility index (Phi) is 6.35. The fourth-order valence-corrected chi connectivity index (χ4v) is 3.36. The lowest BCUT2D eigenvalue weighted by Gasteiger charge is -2.18. The topological polar surface area (TPSA) is 104 Å². The lowest BCUT2D eigenvalue weighted by atomic mass is 10.0. The van der Waals surface area contributed by atoms with Crippen LogP contribution in [0.3, 0.4) is 0 Å². The van der Waals surface area contributed by atoms with Crippen LogP contribution in [0.25, 0.3) is 0 Å². The standard InChI is InChI=1S/C19H22N2O5S/c1-13-4-6-14(7-5-13)17(12-18(22)23)20-19(24)15-8-10-16(11-9-15)27(25,26)21(2)3/h4-11,17H,12H2,1-3H3,(H,20,24)(H,22,23)/t17-/m1/s1. The maximum Gasteiger partial charge on any atom is 0.305 e. The smallest absolute Gasteiger partial charge is 0.305 e. The van der Waals surface area contributed by atoms with Gasteiger partial charge in [0.15, 0.2) is 0 Å². The molecule has 1 amide bonds. The number of sulfonamides is 1. The first-order valence-corrected chi connectivity index (χ1v) is 9.67. The molecule has 8 heteroatoms. The predicted molar refractivity (Wildman–Crippen MR) is 101 cm³/mol. The highest BCUT2D eigenvalue weighted by Gasteiger charge is 2.21. The van der Waals surface area contributed by atoms with Crippen LogP contribution in [0, 0.1) is 6.92 Å². The minimum absolute atomic E-state index is 0.0738. The molecular formula is C19H22N2O5S. The van der Waals surface area contributed by atoms with Crippen LogP contribution in [-0.2, 0) is 14.8 Å². The summed E-state index contributed by atoms with van der Waals surface area (Å²) in [6, 6.07) is 12.0. The Morgan fingerprint density at radius 1 is 1.04 bits per heavy atom. The Morgan fingerprint density at radius 2 is 1.59 bits per heavy atom. The summed E-state index contributed by atoms with van der Waals surface area (Å²) in [7, 11) is -0.732. The van der Waals surface area contributed by atoms with Gasteiger partial charge in [-0.25, -0.2) is 12.7 Å². The van der Waals surface area contributed by atoms with Gasteiger partial charge in [-0.15, -0.1) is 0 Å². The van der Waals surface area contributed by atoms with Gasteiger partial charge in [-0.1, -0.05) is 29.8 Å². The molecule has 0 spiro atoms. The summed E-state index contributed by atoms with van der Waals surface area (Å²) < 4.78 is 25.3. The van der Waals surface area contributed by atoms with Gasteiger partial charge in [0, 0.05) is 19.7 Å². The number of aliphatic carboxylic acids is 1. The van der Waals surface area contributed by atoms with Crippen molar-refractivity contribution >= 4 is 21.9 Å². The van der Waals surface area contributed by atoms with Gasteiger partial charge in [-0.05, 0) is 36.8 Å². The van der Waals surface area contributed by atoms with Gasteiger partial charge in [0.2, 0.25) is 10.0 Å². The number of hydrogen-bond acceptors (Lipinski definition) is 4. The SMILES string of the molecule is Cc1ccc([C@@H](CC(=O)O)NC(=O)c2ccc(S(=O)(=O)N(C)C)cc2)cc1. The van der Waals surface area contributed by atoms with E-state index in [0.717, 1.165) is 9.87 Å². The molecule has 2 N–H and O–H groups in total. The summed E-state index contributed by atoms with van der Waals surface area (Å²) >= 11 is 0. The average molecular weight is 390 g/mol. The van der Waals surface area contributed by atoms with E-state index in [1.54, 1.807) is 12.1 Å². The fraction of sp³-hybridized carbons (Fsp3) is 0.263. The van der Waals surface area contributed by atoms with Crippen LogP contribution in [0.1, 0.15) is 33.9 Å². The molecule has 0 aliphatic rings. The number of carbonyl (C=O) groups is 2. The number of carbonyl (C=O) groups excluding carboxylic acids is 1. The number of aryl methyl sites for hydroxylation is 1. The normalized spacial score (nSPS) is 12.6. The van der Waals surface area contributed by atoms with Crippen molar-refractivity contribution in [2.24, 2.45) is 0 Å². The van der Waals surface area contributed by atoms with E-state index < -0.39 is 27.9 Å². The zero-order valence-electron chi connectivity index (χ0n) is 15.3. The molecule has 27 heavy (non-hydrogen) atoms. The molecule has 2 aromatic carbocycles. The zero-order valence-corrected chi connectivity index (χ0v) is 16.2. The van der Waals surface area contributed by atoms with E-state index in [1.165, 1.54) is 38.4 Å². The molecule has 0 fully saturated rings. The molecule has 144 valence electrons. The highest BCUT2D eigenvalue weighted by Crippen LogP contribution is 2.19. The van der Waals surface area contributed by atoms with Crippen LogP contribution in [0.5, 0.6) is 0 Å². The van der Waals surface area contributed by atoms with Crippen molar-refractivity contribution in [3.63, 3.8) is 0 Å². The van der Waals surface area contributed by atoms with Crippen LogP contribution in [0.15, 0.2) is 53.4 Å². The van der Waals surface area contributed by atoms with Gasteiger partial charge in [-0.2, -0.15) is 0 Å². The lowest BCUT2D eigenvalue weighted by Crippen LogP contribution is -2.30. The molecule has 0 aliphatic heterocycles. The number of hydrogen-bond donors (Lipinski definition) is 2. The number of nitrogens with zero attached hydrogens (tertiary/aromatic N) is 1. The summed E-state index contributed by atoms with van der Waals surface area (Å²) in [5, 5.41) is 11.8. The second-order valence-electron chi connectivity index (χ2n) is 6.35. The quantitative estimate of drug-likeness (QED) is 0.754. The Morgan fingerprint density at radius 3 is 2.07 bits per heavy atom. The highest BCUT2D eigenvalue weighted by molar-refractivity contribution is 7.89. The number of rotatable bonds is 7. The van der Waals surface area contributed by atoms with Crippen molar-refractivity contribution in [1.82, 2.24) is 9.62 Å².